The van der Waals surface area contributed by atoms with Crippen LogP contribution in [0.15, 0.2) is 0 Å². The summed E-state index contributed by atoms with van der Waals surface area (Å²) in [5.41, 5.74) is 0. The van der Waals surface area contributed by atoms with Crippen molar-refractivity contribution in [3.63, 3.8) is 0 Å². The predicted molar refractivity (Wildman–Crippen MR) is 55.0 cm³/mol. The Hall–Kier alpha value is -0.530. The van der Waals surface area contributed by atoms with Gasteiger partial charge in [0.25, 0.3) is 0 Å². The maximum absolute atomic E-state index is 10.8. The van der Waals surface area contributed by atoms with E-state index in [1.54, 1.807) is 0 Å². The summed E-state index contributed by atoms with van der Waals surface area (Å²) in [7, 11) is 0. The third-order valence-corrected chi connectivity index (χ3v) is 4.28. The van der Waals surface area contributed by atoms with E-state index in [-0.39, 0.29) is 0 Å². The molecule has 0 aliphatic heterocycles. The Labute approximate surface area is 85.7 Å². The highest BCUT2D eigenvalue weighted by atomic mass is 16.4. The first-order valence-corrected chi connectivity index (χ1v) is 5.88. The minimum absolute atomic E-state index is 0.401. The van der Waals surface area contributed by atoms with E-state index in [0.717, 1.165) is 5.92 Å². The summed E-state index contributed by atoms with van der Waals surface area (Å²) in [6, 6.07) is 0. The monoisotopic (exact) mass is 196 g/mol. The summed E-state index contributed by atoms with van der Waals surface area (Å²) >= 11 is 0. The normalized spacial score (nSPS) is 42.1. The van der Waals surface area contributed by atoms with Crippen LogP contribution in [-0.2, 0) is 4.79 Å². The molecule has 2 bridgehead atoms. The summed E-state index contributed by atoms with van der Waals surface area (Å²) in [6.07, 6.45) is 6.98. The van der Waals surface area contributed by atoms with Crippen molar-refractivity contribution in [1.82, 2.24) is 0 Å². The van der Waals surface area contributed by atoms with Crippen molar-refractivity contribution in [2.75, 3.05) is 0 Å². The zero-order valence-electron chi connectivity index (χ0n) is 8.91. The Bertz CT molecular complexity index is 222. The van der Waals surface area contributed by atoms with E-state index in [2.05, 4.69) is 6.92 Å². The van der Waals surface area contributed by atoms with Crippen LogP contribution in [0, 0.1) is 23.7 Å². The summed E-state index contributed by atoms with van der Waals surface area (Å²) < 4.78 is 0. The van der Waals surface area contributed by atoms with Crippen molar-refractivity contribution in [3.05, 3.63) is 0 Å². The second kappa shape index (κ2) is 3.92. The molecule has 4 unspecified atom stereocenters. The molecule has 0 aromatic rings. The number of carboxylic acid groups (broad SMARTS) is 1. The average Bonchev–Trinajstić information content (AvgIpc) is 2.12. The van der Waals surface area contributed by atoms with Gasteiger partial charge in [0.05, 0.1) is 0 Å². The molecule has 4 atom stereocenters. The number of carbonyl (C=O) groups is 1. The van der Waals surface area contributed by atoms with Crippen LogP contribution in [0.2, 0.25) is 0 Å². The Kier molecular flexibility index (Phi) is 2.80. The van der Waals surface area contributed by atoms with Crippen molar-refractivity contribution in [2.45, 2.75) is 45.4 Å². The molecule has 0 radical (unpaired) electrons. The molecule has 14 heavy (non-hydrogen) atoms. The van der Waals surface area contributed by atoms with E-state index in [4.69, 9.17) is 5.11 Å². The van der Waals surface area contributed by atoms with Crippen LogP contribution in [0.4, 0.5) is 0 Å². The Morgan fingerprint density at radius 1 is 1.36 bits per heavy atom. The SMILES string of the molecule is CC1CC2CCCC(C2)C1CC(=O)O. The quantitative estimate of drug-likeness (QED) is 0.737. The highest BCUT2D eigenvalue weighted by Crippen LogP contribution is 2.47. The molecule has 0 heterocycles. The van der Waals surface area contributed by atoms with E-state index in [1.165, 1.54) is 32.1 Å². The van der Waals surface area contributed by atoms with E-state index in [0.29, 0.717) is 24.2 Å². The zero-order chi connectivity index (χ0) is 10.1. The molecule has 2 aliphatic carbocycles. The second-order valence-corrected chi connectivity index (χ2v) is 5.27. The summed E-state index contributed by atoms with van der Waals surface area (Å²) in [5.74, 6) is 2.12. The smallest absolute Gasteiger partial charge is 0.303 e. The lowest BCUT2D eigenvalue weighted by Gasteiger charge is -2.43. The van der Waals surface area contributed by atoms with Crippen LogP contribution in [-0.4, -0.2) is 11.1 Å². The molecule has 0 amide bonds. The minimum atomic E-state index is -0.606. The molecule has 2 aliphatic rings. The lowest BCUT2D eigenvalue weighted by atomic mass is 9.62. The lowest BCUT2D eigenvalue weighted by Crippen LogP contribution is -2.35. The van der Waals surface area contributed by atoms with Gasteiger partial charge < -0.3 is 5.11 Å². The number of fused-ring (bicyclic) bond motifs is 2. The summed E-state index contributed by atoms with van der Waals surface area (Å²) in [5, 5.41) is 8.88. The second-order valence-electron chi connectivity index (χ2n) is 5.27. The van der Waals surface area contributed by atoms with Crippen LogP contribution >= 0.6 is 0 Å². The number of aliphatic carboxylic acids is 1. The third-order valence-electron chi connectivity index (χ3n) is 4.28. The van der Waals surface area contributed by atoms with E-state index in [1.807, 2.05) is 0 Å². The number of hydrogen-bond acceptors (Lipinski definition) is 1. The van der Waals surface area contributed by atoms with Gasteiger partial charge in [0.1, 0.15) is 0 Å². The van der Waals surface area contributed by atoms with Gasteiger partial charge >= 0.3 is 5.97 Å². The van der Waals surface area contributed by atoms with Crippen LogP contribution in [0.3, 0.4) is 0 Å². The van der Waals surface area contributed by atoms with Crippen molar-refractivity contribution in [2.24, 2.45) is 23.7 Å². The third kappa shape index (κ3) is 1.94. The van der Waals surface area contributed by atoms with Crippen LogP contribution in [0.1, 0.15) is 45.4 Å². The topological polar surface area (TPSA) is 37.3 Å². The van der Waals surface area contributed by atoms with Gasteiger partial charge in [0.15, 0.2) is 0 Å². The van der Waals surface area contributed by atoms with Gasteiger partial charge in [-0.2, -0.15) is 0 Å². The average molecular weight is 196 g/mol. The molecule has 2 fully saturated rings. The Morgan fingerprint density at radius 2 is 2.14 bits per heavy atom. The molecule has 2 heteroatoms. The highest BCUT2D eigenvalue weighted by molar-refractivity contribution is 5.67. The summed E-state index contributed by atoms with van der Waals surface area (Å²) in [6.45, 7) is 2.25. The first-order chi connectivity index (χ1) is 6.66. The van der Waals surface area contributed by atoms with E-state index >= 15 is 0 Å². The fourth-order valence-electron chi connectivity index (χ4n) is 3.67. The maximum atomic E-state index is 10.8. The molecule has 2 saturated carbocycles. The Morgan fingerprint density at radius 3 is 2.86 bits per heavy atom. The minimum Gasteiger partial charge on any atom is -0.481 e. The van der Waals surface area contributed by atoms with Gasteiger partial charge in [0.2, 0.25) is 0 Å². The first kappa shape index (κ1) is 10.0. The largest absolute Gasteiger partial charge is 0.481 e. The van der Waals surface area contributed by atoms with E-state index in [9.17, 15) is 4.79 Å². The molecule has 2 rings (SSSR count). The van der Waals surface area contributed by atoms with Gasteiger partial charge in [-0.1, -0.05) is 26.2 Å². The maximum Gasteiger partial charge on any atom is 0.303 e. The lowest BCUT2D eigenvalue weighted by molar-refractivity contribution is -0.140. The molecule has 0 spiro atoms. The summed E-state index contributed by atoms with van der Waals surface area (Å²) in [4.78, 5) is 10.8. The molecular formula is C12H20O2. The first-order valence-electron chi connectivity index (χ1n) is 5.88. The molecular weight excluding hydrogens is 176 g/mol. The van der Waals surface area contributed by atoms with Crippen molar-refractivity contribution < 1.29 is 9.90 Å². The van der Waals surface area contributed by atoms with Gasteiger partial charge in [0, 0.05) is 6.42 Å². The van der Waals surface area contributed by atoms with E-state index < -0.39 is 5.97 Å². The van der Waals surface area contributed by atoms with Crippen LogP contribution in [0.25, 0.3) is 0 Å². The number of carboxylic acids is 1. The zero-order valence-corrected chi connectivity index (χ0v) is 8.91. The number of rotatable bonds is 2. The fourth-order valence-corrected chi connectivity index (χ4v) is 3.67. The molecule has 2 nitrogen and oxygen atoms in total. The standard InChI is InChI=1S/C12H20O2/c1-8-5-9-3-2-4-10(6-9)11(8)7-12(13)14/h8-11H,2-7H2,1H3,(H,13,14). The molecule has 0 aromatic carbocycles. The highest BCUT2D eigenvalue weighted by Gasteiger charge is 2.38. The van der Waals surface area contributed by atoms with Crippen molar-refractivity contribution >= 4 is 5.97 Å². The Balaban J connectivity index is 2.03. The van der Waals surface area contributed by atoms with Gasteiger partial charge in [-0.05, 0) is 36.5 Å². The molecule has 0 saturated heterocycles. The van der Waals surface area contributed by atoms with Gasteiger partial charge in [-0.25, -0.2) is 0 Å². The number of hydrogen-bond donors (Lipinski definition) is 1. The van der Waals surface area contributed by atoms with Gasteiger partial charge in [-0.3, -0.25) is 4.79 Å². The molecule has 1 N–H and O–H groups in total. The predicted octanol–water partition coefficient (Wildman–Crippen LogP) is 2.92. The van der Waals surface area contributed by atoms with Gasteiger partial charge in [-0.15, -0.1) is 0 Å². The van der Waals surface area contributed by atoms with Crippen LogP contribution in [0.5, 0.6) is 0 Å². The molecule has 80 valence electrons. The molecule has 0 aromatic heterocycles. The van der Waals surface area contributed by atoms with Crippen LogP contribution < -0.4 is 0 Å². The fraction of sp³-hybridized carbons (Fsp3) is 0.917. The van der Waals surface area contributed by atoms with Crippen molar-refractivity contribution in [3.8, 4) is 0 Å². The van der Waals surface area contributed by atoms with Crippen molar-refractivity contribution in [1.29, 1.82) is 0 Å².